The topological polar surface area (TPSA) is 83.7 Å². The van der Waals surface area contributed by atoms with Crippen LogP contribution >= 0.6 is 22.9 Å². The first-order chi connectivity index (χ1) is 14.7. The molecule has 3 heterocycles. The van der Waals surface area contributed by atoms with Crippen molar-refractivity contribution in [3.8, 4) is 10.8 Å². The lowest BCUT2D eigenvalue weighted by Gasteiger charge is -2.34. The summed E-state index contributed by atoms with van der Waals surface area (Å²) < 4.78 is 45.8. The van der Waals surface area contributed by atoms with Crippen molar-refractivity contribution in [1.82, 2.24) is 14.2 Å². The molecule has 31 heavy (non-hydrogen) atoms. The van der Waals surface area contributed by atoms with Gasteiger partial charge in [0, 0.05) is 31.6 Å². The van der Waals surface area contributed by atoms with Crippen LogP contribution in [-0.4, -0.2) is 54.7 Å². The summed E-state index contributed by atoms with van der Waals surface area (Å²) in [4.78, 5) is 18.7. The number of aryl methyl sites for hydroxylation is 1. The lowest BCUT2D eigenvalue weighted by Crippen LogP contribution is -2.50. The van der Waals surface area contributed by atoms with Crippen LogP contribution in [-0.2, 0) is 21.2 Å². The van der Waals surface area contributed by atoms with Crippen LogP contribution in [0.15, 0.2) is 45.0 Å². The maximum atomic E-state index is 13.4. The number of rotatable bonds is 5. The van der Waals surface area contributed by atoms with Crippen LogP contribution in [0.5, 0.6) is 0 Å². The number of hydrogen-bond acceptors (Lipinski definition) is 6. The summed E-state index contributed by atoms with van der Waals surface area (Å²) >= 11 is 7.13. The number of halogens is 2. The molecular weight excluding hydrogens is 465 g/mol. The number of carbonyl (C=O) groups excluding carboxylic acids is 1. The molecule has 0 saturated carbocycles. The minimum Gasteiger partial charge on any atom is -0.459 e. The standard InChI is InChI=1S/C20H19ClFN3O4S2/c1-13-2-5-18(29-13)20-23-14(12-30-20)10-19(26)24-6-8-25(9-7-24)31(27,28)15-3-4-17(22)16(21)11-15/h2-5,11-12H,6-10H2,1H3. The number of benzene rings is 1. The molecule has 0 atom stereocenters. The normalized spacial score (nSPS) is 15.4. The smallest absolute Gasteiger partial charge is 0.243 e. The lowest BCUT2D eigenvalue weighted by molar-refractivity contribution is -0.131. The molecule has 7 nitrogen and oxygen atoms in total. The number of amides is 1. The highest BCUT2D eigenvalue weighted by molar-refractivity contribution is 7.89. The average molecular weight is 484 g/mol. The van der Waals surface area contributed by atoms with E-state index in [2.05, 4.69) is 4.98 Å². The van der Waals surface area contributed by atoms with Gasteiger partial charge in [0.25, 0.3) is 0 Å². The molecular formula is C20H19ClFN3O4S2. The highest BCUT2D eigenvalue weighted by Crippen LogP contribution is 2.26. The van der Waals surface area contributed by atoms with E-state index in [0.29, 0.717) is 16.5 Å². The minimum absolute atomic E-state index is 0.0677. The molecule has 0 unspecified atom stereocenters. The van der Waals surface area contributed by atoms with Gasteiger partial charge in [-0.1, -0.05) is 11.6 Å². The summed E-state index contributed by atoms with van der Waals surface area (Å²) in [7, 11) is -3.81. The number of furan rings is 1. The minimum atomic E-state index is -3.81. The second-order valence-electron chi connectivity index (χ2n) is 7.09. The molecule has 1 saturated heterocycles. The number of sulfonamides is 1. The van der Waals surface area contributed by atoms with E-state index in [4.69, 9.17) is 16.0 Å². The van der Waals surface area contributed by atoms with E-state index >= 15 is 0 Å². The van der Waals surface area contributed by atoms with Gasteiger partial charge >= 0.3 is 0 Å². The predicted molar refractivity (Wildman–Crippen MR) is 115 cm³/mol. The monoisotopic (exact) mass is 483 g/mol. The number of carbonyl (C=O) groups is 1. The highest BCUT2D eigenvalue weighted by atomic mass is 35.5. The van der Waals surface area contributed by atoms with Gasteiger partial charge in [-0.2, -0.15) is 4.31 Å². The van der Waals surface area contributed by atoms with Crippen LogP contribution in [0.1, 0.15) is 11.5 Å². The largest absolute Gasteiger partial charge is 0.459 e. The summed E-state index contributed by atoms with van der Waals surface area (Å²) in [6.07, 6.45) is 0.135. The van der Waals surface area contributed by atoms with Crippen LogP contribution in [0.2, 0.25) is 5.02 Å². The maximum absolute atomic E-state index is 13.4. The molecule has 0 bridgehead atoms. The van der Waals surface area contributed by atoms with E-state index in [1.54, 1.807) is 4.90 Å². The highest BCUT2D eigenvalue weighted by Gasteiger charge is 2.30. The Labute approximate surface area is 188 Å². The molecule has 2 aromatic heterocycles. The Morgan fingerprint density at radius 2 is 1.97 bits per heavy atom. The molecule has 11 heteroatoms. The van der Waals surface area contributed by atoms with Crippen LogP contribution in [0.4, 0.5) is 4.39 Å². The zero-order chi connectivity index (χ0) is 22.2. The van der Waals surface area contributed by atoms with Crippen molar-refractivity contribution in [2.24, 2.45) is 0 Å². The molecule has 1 fully saturated rings. The Morgan fingerprint density at radius 3 is 2.61 bits per heavy atom. The first kappa shape index (κ1) is 21.9. The van der Waals surface area contributed by atoms with Crippen molar-refractivity contribution in [2.45, 2.75) is 18.2 Å². The Balaban J connectivity index is 1.36. The van der Waals surface area contributed by atoms with Crippen molar-refractivity contribution < 1.29 is 22.0 Å². The van der Waals surface area contributed by atoms with Gasteiger partial charge in [0.15, 0.2) is 10.8 Å². The summed E-state index contributed by atoms with van der Waals surface area (Å²) in [5.74, 6) is 0.664. The molecule has 164 valence electrons. The molecule has 4 rings (SSSR count). The van der Waals surface area contributed by atoms with E-state index in [0.717, 1.165) is 17.9 Å². The third kappa shape index (κ3) is 4.67. The van der Waals surface area contributed by atoms with Gasteiger partial charge in [-0.25, -0.2) is 17.8 Å². The van der Waals surface area contributed by atoms with Gasteiger partial charge in [0.1, 0.15) is 11.6 Å². The van der Waals surface area contributed by atoms with E-state index in [9.17, 15) is 17.6 Å². The molecule has 3 aromatic rings. The number of aromatic nitrogens is 1. The van der Waals surface area contributed by atoms with Crippen LogP contribution in [0.25, 0.3) is 10.8 Å². The van der Waals surface area contributed by atoms with Crippen molar-refractivity contribution in [1.29, 1.82) is 0 Å². The maximum Gasteiger partial charge on any atom is 0.243 e. The van der Waals surface area contributed by atoms with Gasteiger partial charge < -0.3 is 9.32 Å². The lowest BCUT2D eigenvalue weighted by atomic mass is 10.2. The Hall–Kier alpha value is -2.27. The van der Waals surface area contributed by atoms with Crippen molar-refractivity contribution >= 4 is 38.9 Å². The number of nitrogens with zero attached hydrogens (tertiary/aromatic N) is 3. The third-order valence-electron chi connectivity index (χ3n) is 4.96. The van der Waals surface area contributed by atoms with Gasteiger partial charge in [-0.3, -0.25) is 4.79 Å². The Kier molecular flexibility index (Phi) is 6.16. The molecule has 1 aromatic carbocycles. The second kappa shape index (κ2) is 8.70. The van der Waals surface area contributed by atoms with Gasteiger partial charge in [-0.15, -0.1) is 11.3 Å². The molecule has 0 aliphatic carbocycles. The van der Waals surface area contributed by atoms with Gasteiger partial charge in [-0.05, 0) is 37.3 Å². The zero-order valence-corrected chi connectivity index (χ0v) is 18.9. The first-order valence-electron chi connectivity index (χ1n) is 9.48. The summed E-state index contributed by atoms with van der Waals surface area (Å²) in [5, 5.41) is 2.29. The van der Waals surface area contributed by atoms with E-state index < -0.39 is 15.8 Å². The molecule has 1 aliphatic heterocycles. The van der Waals surface area contributed by atoms with Gasteiger partial charge in [0.2, 0.25) is 15.9 Å². The van der Waals surface area contributed by atoms with Crippen LogP contribution in [0.3, 0.4) is 0 Å². The SMILES string of the molecule is Cc1ccc(-c2nc(CC(=O)N3CCN(S(=O)(=O)c4ccc(F)c(Cl)c4)CC3)cs2)o1. The number of thiazole rings is 1. The number of hydrogen-bond donors (Lipinski definition) is 0. The molecule has 0 spiro atoms. The first-order valence-corrected chi connectivity index (χ1v) is 12.2. The summed E-state index contributed by atoms with van der Waals surface area (Å²) in [6, 6.07) is 7.02. The van der Waals surface area contributed by atoms with Crippen molar-refractivity contribution in [2.75, 3.05) is 26.2 Å². The van der Waals surface area contributed by atoms with Crippen LogP contribution < -0.4 is 0 Å². The Bertz CT molecular complexity index is 1220. The fourth-order valence-electron chi connectivity index (χ4n) is 3.28. The molecule has 0 N–H and O–H groups in total. The average Bonchev–Trinajstić information content (AvgIpc) is 3.39. The zero-order valence-electron chi connectivity index (χ0n) is 16.5. The van der Waals surface area contributed by atoms with Crippen molar-refractivity contribution in [3.63, 3.8) is 0 Å². The summed E-state index contributed by atoms with van der Waals surface area (Å²) in [5.41, 5.74) is 0.648. The van der Waals surface area contributed by atoms with E-state index in [1.807, 2.05) is 24.4 Å². The second-order valence-corrected chi connectivity index (χ2v) is 10.3. The van der Waals surface area contributed by atoms with E-state index in [-0.39, 0.29) is 48.4 Å². The van der Waals surface area contributed by atoms with Crippen molar-refractivity contribution in [3.05, 3.63) is 58.0 Å². The number of piperazine rings is 1. The molecule has 1 aliphatic rings. The third-order valence-corrected chi connectivity index (χ3v) is 8.05. The van der Waals surface area contributed by atoms with Gasteiger partial charge in [0.05, 0.1) is 22.0 Å². The van der Waals surface area contributed by atoms with Crippen LogP contribution in [0, 0.1) is 12.7 Å². The van der Waals surface area contributed by atoms with E-state index in [1.165, 1.54) is 21.7 Å². The fraction of sp³-hybridized carbons (Fsp3) is 0.300. The predicted octanol–water partition coefficient (Wildman–Crippen LogP) is 3.58. The molecule has 1 amide bonds. The molecule has 0 radical (unpaired) electrons. The quantitative estimate of drug-likeness (QED) is 0.554. The fourth-order valence-corrected chi connectivity index (χ4v) is 5.76. The summed E-state index contributed by atoms with van der Waals surface area (Å²) in [6.45, 7) is 2.68. The Morgan fingerprint density at radius 1 is 1.23 bits per heavy atom.